The maximum Gasteiger partial charge on any atom is 0.514 e. The fourth-order valence-electron chi connectivity index (χ4n) is 2.17. The van der Waals surface area contributed by atoms with Crippen molar-refractivity contribution < 1.29 is 9.31 Å². The van der Waals surface area contributed by atoms with Crippen LogP contribution >= 0.6 is 0 Å². The number of para-hydroxylation sites is 1. The van der Waals surface area contributed by atoms with Crippen LogP contribution in [0.1, 0.15) is 5.56 Å². The van der Waals surface area contributed by atoms with Crippen LogP contribution in [-0.2, 0) is 9.31 Å². The van der Waals surface area contributed by atoms with Crippen LogP contribution in [0.5, 0.6) is 0 Å². The Morgan fingerprint density at radius 2 is 1.95 bits per heavy atom. The molecular formula is C15H17BN2O2. The molecule has 0 saturated carbocycles. The molecule has 20 heavy (non-hydrogen) atoms. The van der Waals surface area contributed by atoms with Gasteiger partial charge >= 0.3 is 7.12 Å². The predicted octanol–water partition coefficient (Wildman–Crippen LogP) is 1.60. The van der Waals surface area contributed by atoms with Crippen LogP contribution < -0.4 is 10.5 Å². The first-order valence-electron chi connectivity index (χ1n) is 6.79. The lowest BCUT2D eigenvalue weighted by molar-refractivity contribution is 0.248. The highest BCUT2D eigenvalue weighted by atomic mass is 16.6. The molecule has 1 aromatic carbocycles. The molecule has 2 heterocycles. The lowest BCUT2D eigenvalue weighted by Crippen LogP contribution is -2.39. The topological polar surface area (TPSA) is 34.6 Å². The Morgan fingerprint density at radius 3 is 2.70 bits per heavy atom. The van der Waals surface area contributed by atoms with Crippen molar-refractivity contribution in [1.29, 1.82) is 0 Å². The van der Waals surface area contributed by atoms with Gasteiger partial charge in [0.05, 0.1) is 5.59 Å². The third-order valence-corrected chi connectivity index (χ3v) is 3.31. The van der Waals surface area contributed by atoms with Gasteiger partial charge in [0.2, 0.25) is 0 Å². The Balaban J connectivity index is 1.69. The second-order valence-electron chi connectivity index (χ2n) is 4.86. The van der Waals surface area contributed by atoms with E-state index >= 15 is 0 Å². The first kappa shape index (κ1) is 13.2. The molecule has 1 saturated heterocycles. The van der Waals surface area contributed by atoms with Gasteiger partial charge in [-0.25, -0.2) is 0 Å². The lowest BCUT2D eigenvalue weighted by atomic mass is 9.84. The van der Waals surface area contributed by atoms with Crippen molar-refractivity contribution in [3.05, 3.63) is 54.2 Å². The highest BCUT2D eigenvalue weighted by Gasteiger charge is 2.27. The zero-order valence-electron chi connectivity index (χ0n) is 11.5. The summed E-state index contributed by atoms with van der Waals surface area (Å²) < 4.78 is 11.6. The summed E-state index contributed by atoms with van der Waals surface area (Å²) in [7, 11) is -0.385. The van der Waals surface area contributed by atoms with Gasteiger partial charge in [0.15, 0.2) is 0 Å². The molecule has 5 heteroatoms. The number of aryl methyl sites for hydroxylation is 1. The molecule has 0 N–H and O–H groups in total. The molecular weight excluding hydrogens is 251 g/mol. The van der Waals surface area contributed by atoms with E-state index in [9.17, 15) is 0 Å². The molecule has 102 valence electrons. The number of hydrogen-bond donors (Lipinski definition) is 0. The molecule has 0 aliphatic carbocycles. The van der Waals surface area contributed by atoms with Gasteiger partial charge in [-0.3, -0.25) is 4.98 Å². The molecule has 2 aromatic rings. The van der Waals surface area contributed by atoms with Crippen molar-refractivity contribution >= 4 is 18.4 Å². The monoisotopic (exact) mass is 268 g/mol. The molecule has 0 amide bonds. The van der Waals surface area contributed by atoms with Crippen molar-refractivity contribution in [2.45, 2.75) is 6.92 Å². The number of anilines is 1. The third-order valence-electron chi connectivity index (χ3n) is 3.31. The Bertz CT molecular complexity index is 548. The summed E-state index contributed by atoms with van der Waals surface area (Å²) in [6.45, 7) is 3.95. The number of rotatable bonds is 2. The van der Waals surface area contributed by atoms with E-state index in [1.54, 1.807) is 0 Å². The summed E-state index contributed by atoms with van der Waals surface area (Å²) in [4.78, 5) is 6.53. The van der Waals surface area contributed by atoms with E-state index in [0.29, 0.717) is 13.3 Å². The summed E-state index contributed by atoms with van der Waals surface area (Å²) in [6.07, 6.45) is 1.84. The first-order chi connectivity index (χ1) is 9.83. The van der Waals surface area contributed by atoms with Crippen molar-refractivity contribution in [2.24, 2.45) is 0 Å². The zero-order chi connectivity index (χ0) is 13.8. The minimum absolute atomic E-state index is 0.385. The molecule has 0 unspecified atom stereocenters. The summed E-state index contributed by atoms with van der Waals surface area (Å²) in [6, 6.07) is 14.2. The van der Waals surface area contributed by atoms with Crippen LogP contribution in [0.25, 0.3) is 0 Å². The highest BCUT2D eigenvalue weighted by molar-refractivity contribution is 6.60. The minimum atomic E-state index is -0.385. The molecule has 0 radical (unpaired) electrons. The van der Waals surface area contributed by atoms with Gasteiger partial charge in [0.1, 0.15) is 6.73 Å². The largest absolute Gasteiger partial charge is 0.514 e. The van der Waals surface area contributed by atoms with E-state index in [-0.39, 0.29) is 7.12 Å². The van der Waals surface area contributed by atoms with Crippen LogP contribution in [0.4, 0.5) is 5.69 Å². The number of benzene rings is 1. The average Bonchev–Trinajstić information content (AvgIpc) is 2.75. The molecule has 1 aliphatic heterocycles. The first-order valence-corrected chi connectivity index (χ1v) is 6.79. The van der Waals surface area contributed by atoms with Crippen LogP contribution in [0, 0.1) is 6.92 Å². The van der Waals surface area contributed by atoms with Gasteiger partial charge in [0.25, 0.3) is 0 Å². The molecule has 3 rings (SSSR count). The summed E-state index contributed by atoms with van der Waals surface area (Å²) in [5.74, 6) is 0. The van der Waals surface area contributed by atoms with E-state index in [4.69, 9.17) is 9.31 Å². The average molecular weight is 268 g/mol. The molecule has 1 aliphatic rings. The van der Waals surface area contributed by atoms with E-state index in [1.807, 2.05) is 43.5 Å². The lowest BCUT2D eigenvalue weighted by Gasteiger charge is -2.21. The van der Waals surface area contributed by atoms with Crippen LogP contribution in [0.2, 0.25) is 0 Å². The van der Waals surface area contributed by atoms with Gasteiger partial charge in [0, 0.05) is 25.0 Å². The van der Waals surface area contributed by atoms with Crippen LogP contribution in [-0.4, -0.2) is 32.0 Å². The van der Waals surface area contributed by atoms with E-state index in [2.05, 4.69) is 22.0 Å². The van der Waals surface area contributed by atoms with E-state index in [1.165, 1.54) is 0 Å². The zero-order valence-corrected chi connectivity index (χ0v) is 11.5. The Labute approximate surface area is 119 Å². The molecule has 1 fully saturated rings. The van der Waals surface area contributed by atoms with Crippen molar-refractivity contribution in [3.63, 3.8) is 0 Å². The maximum atomic E-state index is 5.84. The van der Waals surface area contributed by atoms with E-state index < -0.39 is 0 Å². The Kier molecular flexibility index (Phi) is 3.99. The second kappa shape index (κ2) is 6.07. The predicted molar refractivity (Wildman–Crippen MR) is 80.1 cm³/mol. The second-order valence-corrected chi connectivity index (χ2v) is 4.86. The Hall–Kier alpha value is -1.85. The van der Waals surface area contributed by atoms with Crippen LogP contribution in [0.15, 0.2) is 48.7 Å². The fourth-order valence-corrected chi connectivity index (χ4v) is 2.17. The number of pyridine rings is 1. The van der Waals surface area contributed by atoms with Gasteiger partial charge < -0.3 is 14.2 Å². The Morgan fingerprint density at radius 1 is 1.10 bits per heavy atom. The maximum absolute atomic E-state index is 5.84. The SMILES string of the molecule is Cc1ccc(B2OCCN(c3ccccc3)CO2)nc1. The van der Waals surface area contributed by atoms with Crippen molar-refractivity contribution in [2.75, 3.05) is 24.8 Å². The normalized spacial score (nSPS) is 16.1. The summed E-state index contributed by atoms with van der Waals surface area (Å²) >= 11 is 0. The molecule has 0 atom stereocenters. The molecule has 0 spiro atoms. The van der Waals surface area contributed by atoms with Gasteiger partial charge in [-0.2, -0.15) is 0 Å². The third kappa shape index (κ3) is 3.00. The molecule has 4 nitrogen and oxygen atoms in total. The smallest absolute Gasteiger partial charge is 0.404 e. The minimum Gasteiger partial charge on any atom is -0.404 e. The summed E-state index contributed by atoms with van der Waals surface area (Å²) in [5, 5.41) is 0. The summed E-state index contributed by atoms with van der Waals surface area (Å²) in [5.41, 5.74) is 3.10. The molecule has 0 bridgehead atoms. The molecule has 1 aromatic heterocycles. The van der Waals surface area contributed by atoms with Crippen LogP contribution in [0.3, 0.4) is 0 Å². The van der Waals surface area contributed by atoms with Gasteiger partial charge in [-0.05, 0) is 30.7 Å². The number of aromatic nitrogens is 1. The quantitative estimate of drug-likeness (QED) is 0.775. The van der Waals surface area contributed by atoms with E-state index in [0.717, 1.165) is 23.4 Å². The highest BCUT2D eigenvalue weighted by Crippen LogP contribution is 2.14. The fraction of sp³-hybridized carbons (Fsp3) is 0.267. The van der Waals surface area contributed by atoms with Crippen molar-refractivity contribution in [1.82, 2.24) is 4.98 Å². The van der Waals surface area contributed by atoms with Gasteiger partial charge in [-0.1, -0.05) is 24.3 Å². The van der Waals surface area contributed by atoms with Crippen molar-refractivity contribution in [3.8, 4) is 0 Å². The standard InChI is InChI=1S/C15H17BN2O2/c1-13-7-8-15(17-11-13)16-19-10-9-18(12-20-16)14-5-3-2-4-6-14/h2-8,11H,9-10,12H2,1H3. The number of hydrogen-bond acceptors (Lipinski definition) is 4. The van der Waals surface area contributed by atoms with Gasteiger partial charge in [-0.15, -0.1) is 0 Å². The number of nitrogens with zero attached hydrogens (tertiary/aromatic N) is 2.